The summed E-state index contributed by atoms with van der Waals surface area (Å²) in [7, 11) is 0. The van der Waals surface area contributed by atoms with E-state index < -0.39 is 12.1 Å². The summed E-state index contributed by atoms with van der Waals surface area (Å²) < 4.78 is 0. The number of amides is 5. The molecule has 2 bridgehead atoms. The van der Waals surface area contributed by atoms with Crippen molar-refractivity contribution < 1.29 is 19.2 Å². The Hall–Kier alpha value is -3.59. The monoisotopic (exact) mass is 409 g/mol. The lowest BCUT2D eigenvalue weighted by Gasteiger charge is -2.29. The van der Waals surface area contributed by atoms with E-state index >= 15 is 0 Å². The summed E-state index contributed by atoms with van der Waals surface area (Å²) in [6.07, 6.45) is 1.23. The molecule has 0 unspecified atom stereocenters. The van der Waals surface area contributed by atoms with Crippen molar-refractivity contribution in [1.29, 1.82) is 0 Å². The fraction of sp³-hybridized carbons (Fsp3) is 0.286. The molecular formula is C21H23N5O4. The number of fused-ring (bicyclic) bond motifs is 2. The zero-order valence-electron chi connectivity index (χ0n) is 16.3. The van der Waals surface area contributed by atoms with Crippen LogP contribution in [0.2, 0.25) is 0 Å². The van der Waals surface area contributed by atoms with Gasteiger partial charge in [-0.05, 0) is 36.6 Å². The molecule has 2 saturated heterocycles. The van der Waals surface area contributed by atoms with Gasteiger partial charge in [0.15, 0.2) is 0 Å². The van der Waals surface area contributed by atoms with Crippen LogP contribution in [0.3, 0.4) is 0 Å². The van der Waals surface area contributed by atoms with Crippen molar-refractivity contribution in [1.82, 2.24) is 9.96 Å². The van der Waals surface area contributed by atoms with Gasteiger partial charge in [0.05, 0.1) is 6.04 Å². The summed E-state index contributed by atoms with van der Waals surface area (Å²) in [5.74, 6) is -0.275. The number of hydrogen-bond acceptors (Lipinski definition) is 4. The topological polar surface area (TPSA) is 117 Å². The number of nitrogens with zero attached hydrogens (tertiary/aromatic N) is 2. The number of urea groups is 2. The van der Waals surface area contributed by atoms with Crippen LogP contribution in [0.4, 0.5) is 21.0 Å². The molecule has 2 heterocycles. The minimum absolute atomic E-state index is 0.0617. The number of carbonyl (C=O) groups excluding carboxylic acids is 3. The third-order valence-corrected chi connectivity index (χ3v) is 5.24. The molecule has 9 nitrogen and oxygen atoms in total. The Bertz CT molecular complexity index is 951. The molecule has 156 valence electrons. The van der Waals surface area contributed by atoms with Crippen LogP contribution in [0.25, 0.3) is 0 Å². The van der Waals surface area contributed by atoms with Crippen molar-refractivity contribution in [2.24, 2.45) is 5.73 Å². The molecule has 30 heavy (non-hydrogen) atoms. The molecule has 2 aliphatic heterocycles. The highest BCUT2D eigenvalue weighted by atomic mass is 16.7. The van der Waals surface area contributed by atoms with Gasteiger partial charge in [-0.3, -0.25) is 9.63 Å². The van der Waals surface area contributed by atoms with Crippen LogP contribution in [0, 0.1) is 0 Å². The Morgan fingerprint density at radius 3 is 2.50 bits per heavy atom. The minimum Gasteiger partial charge on any atom is -0.351 e. The van der Waals surface area contributed by atoms with Crippen LogP contribution in [0.15, 0.2) is 54.6 Å². The fourth-order valence-electron chi connectivity index (χ4n) is 3.83. The molecule has 4 N–H and O–H groups in total. The molecule has 0 radical (unpaired) electrons. The molecule has 2 aromatic rings. The lowest BCUT2D eigenvalue weighted by molar-refractivity contribution is -0.140. The molecule has 0 spiro atoms. The van der Waals surface area contributed by atoms with Gasteiger partial charge in [-0.1, -0.05) is 36.4 Å². The summed E-state index contributed by atoms with van der Waals surface area (Å²) in [4.78, 5) is 44.0. The van der Waals surface area contributed by atoms with E-state index in [1.54, 1.807) is 29.2 Å². The van der Waals surface area contributed by atoms with Gasteiger partial charge in [0.2, 0.25) is 5.91 Å². The number of carbonyl (C=O) groups is 3. The van der Waals surface area contributed by atoms with Crippen LogP contribution in [0.1, 0.15) is 18.4 Å². The number of primary amides is 1. The highest BCUT2D eigenvalue weighted by Gasteiger charge is 2.47. The van der Waals surface area contributed by atoms with E-state index in [9.17, 15) is 14.4 Å². The first kappa shape index (κ1) is 19.7. The number of nitrogens with one attached hydrogen (secondary N) is 2. The molecule has 9 heteroatoms. The van der Waals surface area contributed by atoms with Crippen LogP contribution in [-0.4, -0.2) is 46.6 Å². The summed E-state index contributed by atoms with van der Waals surface area (Å²) >= 11 is 0. The van der Waals surface area contributed by atoms with Gasteiger partial charge >= 0.3 is 12.1 Å². The van der Waals surface area contributed by atoms with E-state index in [1.807, 2.05) is 30.3 Å². The van der Waals surface area contributed by atoms with Gasteiger partial charge in [-0.15, -0.1) is 0 Å². The number of hydrogen-bond donors (Lipinski definition) is 3. The Morgan fingerprint density at radius 1 is 1.03 bits per heavy atom. The van der Waals surface area contributed by atoms with Crippen molar-refractivity contribution in [2.45, 2.75) is 31.5 Å². The molecule has 2 fully saturated rings. The van der Waals surface area contributed by atoms with Crippen molar-refractivity contribution >= 4 is 29.3 Å². The SMILES string of the molecule is NC(=O)Nc1cccc(NC(=O)[C@@H]2CC[C@H]3CN2C(=O)N3OCc2ccccc2)c1. The van der Waals surface area contributed by atoms with E-state index in [4.69, 9.17) is 10.6 Å². The van der Waals surface area contributed by atoms with Gasteiger partial charge in [0.25, 0.3) is 0 Å². The predicted octanol–water partition coefficient (Wildman–Crippen LogP) is 2.52. The maximum atomic E-state index is 12.8. The molecule has 2 aromatic carbocycles. The largest absolute Gasteiger partial charge is 0.351 e. The molecule has 5 amide bonds. The summed E-state index contributed by atoms with van der Waals surface area (Å²) in [5, 5.41) is 6.68. The van der Waals surface area contributed by atoms with Gasteiger partial charge < -0.3 is 21.3 Å². The average molecular weight is 409 g/mol. The summed E-state index contributed by atoms with van der Waals surface area (Å²) in [6, 6.07) is 14.7. The Kier molecular flexibility index (Phi) is 5.53. The number of anilines is 2. The second-order valence-corrected chi connectivity index (χ2v) is 7.33. The Morgan fingerprint density at radius 2 is 1.77 bits per heavy atom. The van der Waals surface area contributed by atoms with Crippen molar-refractivity contribution in [3.05, 3.63) is 60.2 Å². The highest BCUT2D eigenvalue weighted by Crippen LogP contribution is 2.31. The Labute approximate surface area is 173 Å². The number of nitrogens with two attached hydrogens (primary N) is 1. The normalized spacial score (nSPS) is 20.2. The molecule has 4 rings (SSSR count). The smallest absolute Gasteiger partial charge is 0.345 e. The van der Waals surface area contributed by atoms with Crippen molar-refractivity contribution in [3.63, 3.8) is 0 Å². The first-order chi connectivity index (χ1) is 14.5. The predicted molar refractivity (Wildman–Crippen MR) is 110 cm³/mol. The first-order valence-corrected chi connectivity index (χ1v) is 9.75. The fourth-order valence-corrected chi connectivity index (χ4v) is 3.83. The molecule has 2 aliphatic rings. The second kappa shape index (κ2) is 8.42. The first-order valence-electron chi connectivity index (χ1n) is 9.75. The average Bonchev–Trinajstić information content (AvgIpc) is 2.97. The van der Waals surface area contributed by atoms with E-state index in [0.29, 0.717) is 37.4 Å². The van der Waals surface area contributed by atoms with Crippen LogP contribution < -0.4 is 16.4 Å². The number of benzene rings is 2. The van der Waals surface area contributed by atoms with Crippen LogP contribution >= 0.6 is 0 Å². The van der Waals surface area contributed by atoms with Gasteiger partial charge in [-0.25, -0.2) is 9.59 Å². The molecule has 0 aromatic heterocycles. The molecule has 2 atom stereocenters. The quantitative estimate of drug-likeness (QED) is 0.679. The van der Waals surface area contributed by atoms with E-state index in [1.165, 1.54) is 5.06 Å². The lowest BCUT2D eigenvalue weighted by Crippen LogP contribution is -2.47. The summed E-state index contributed by atoms with van der Waals surface area (Å²) in [6.45, 7) is 0.752. The third-order valence-electron chi connectivity index (χ3n) is 5.24. The maximum Gasteiger partial charge on any atom is 0.345 e. The van der Waals surface area contributed by atoms with Crippen LogP contribution in [0.5, 0.6) is 0 Å². The van der Waals surface area contributed by atoms with Crippen LogP contribution in [-0.2, 0) is 16.2 Å². The molecular weight excluding hydrogens is 386 g/mol. The van der Waals surface area contributed by atoms with Crippen molar-refractivity contribution in [2.75, 3.05) is 17.2 Å². The number of hydroxylamine groups is 2. The van der Waals surface area contributed by atoms with E-state index in [0.717, 1.165) is 5.56 Å². The van der Waals surface area contributed by atoms with E-state index in [-0.39, 0.29) is 18.0 Å². The minimum atomic E-state index is -0.685. The highest BCUT2D eigenvalue weighted by molar-refractivity contribution is 5.98. The second-order valence-electron chi connectivity index (χ2n) is 7.33. The number of piperidine rings is 1. The van der Waals surface area contributed by atoms with Gasteiger partial charge in [0.1, 0.15) is 12.6 Å². The number of rotatable bonds is 6. The van der Waals surface area contributed by atoms with Crippen molar-refractivity contribution in [3.8, 4) is 0 Å². The lowest BCUT2D eigenvalue weighted by atomic mass is 10.00. The summed E-state index contributed by atoms with van der Waals surface area (Å²) in [5.41, 5.74) is 7.08. The van der Waals surface area contributed by atoms with Gasteiger partial charge in [0, 0.05) is 17.9 Å². The third kappa shape index (κ3) is 4.20. The Balaban J connectivity index is 1.39. The molecule has 0 aliphatic carbocycles. The molecule has 0 saturated carbocycles. The zero-order chi connectivity index (χ0) is 21.1. The van der Waals surface area contributed by atoms with Gasteiger partial charge in [-0.2, -0.15) is 5.06 Å². The standard InChI is InChI=1S/C21H23N5O4/c22-20(28)24-16-8-4-7-15(11-16)23-19(27)18-10-9-17-12-25(18)21(29)26(17)30-13-14-5-2-1-3-6-14/h1-8,11,17-18H,9-10,12-13H2,(H,23,27)(H3,22,24,28)/t17-,18-/m0/s1. The van der Waals surface area contributed by atoms with E-state index in [2.05, 4.69) is 10.6 Å². The maximum absolute atomic E-state index is 12.8. The zero-order valence-corrected chi connectivity index (χ0v) is 16.3.